The quantitative estimate of drug-likeness (QED) is 0.916. The molecule has 0 radical (unpaired) electrons. The van der Waals surface area contributed by atoms with Crippen LogP contribution in [0.3, 0.4) is 0 Å². The molecule has 0 amide bonds. The Bertz CT molecular complexity index is 521. The molecule has 5 nitrogen and oxygen atoms in total. The number of anilines is 1. The SMILES string of the molecule is CC1CCCN(c2cnn(CC3CCNCC3)c(=O)c2)C1. The summed E-state index contributed by atoms with van der Waals surface area (Å²) in [6, 6.07) is 1.77. The van der Waals surface area contributed by atoms with Crippen molar-refractivity contribution in [1.29, 1.82) is 0 Å². The van der Waals surface area contributed by atoms with Gasteiger partial charge in [0.25, 0.3) is 5.56 Å². The van der Waals surface area contributed by atoms with Crippen molar-refractivity contribution >= 4 is 5.69 Å². The summed E-state index contributed by atoms with van der Waals surface area (Å²) in [6.07, 6.45) is 6.65. The van der Waals surface area contributed by atoms with Gasteiger partial charge in [0, 0.05) is 25.7 Å². The summed E-state index contributed by atoms with van der Waals surface area (Å²) < 4.78 is 1.65. The predicted octanol–water partition coefficient (Wildman–Crippen LogP) is 1.48. The molecule has 0 bridgehead atoms. The second-order valence-electron chi connectivity index (χ2n) is 6.62. The largest absolute Gasteiger partial charge is 0.370 e. The van der Waals surface area contributed by atoms with Crippen molar-refractivity contribution in [1.82, 2.24) is 15.1 Å². The molecule has 2 aliphatic heterocycles. The van der Waals surface area contributed by atoms with Gasteiger partial charge in [0.05, 0.1) is 11.9 Å². The van der Waals surface area contributed by atoms with Crippen LogP contribution in [-0.2, 0) is 6.54 Å². The van der Waals surface area contributed by atoms with Crippen molar-refractivity contribution in [2.24, 2.45) is 11.8 Å². The summed E-state index contributed by atoms with van der Waals surface area (Å²) in [7, 11) is 0. The molecule has 1 atom stereocenters. The minimum atomic E-state index is 0.0456. The van der Waals surface area contributed by atoms with Gasteiger partial charge in [-0.15, -0.1) is 0 Å². The molecule has 1 N–H and O–H groups in total. The molecule has 21 heavy (non-hydrogen) atoms. The molecule has 1 unspecified atom stereocenters. The highest BCUT2D eigenvalue weighted by Crippen LogP contribution is 2.21. The molecule has 3 rings (SSSR count). The molecule has 5 heteroatoms. The predicted molar refractivity (Wildman–Crippen MR) is 84.7 cm³/mol. The van der Waals surface area contributed by atoms with E-state index in [4.69, 9.17) is 0 Å². The molecule has 0 spiro atoms. The van der Waals surface area contributed by atoms with Gasteiger partial charge >= 0.3 is 0 Å². The zero-order chi connectivity index (χ0) is 14.7. The number of piperidine rings is 2. The smallest absolute Gasteiger partial charge is 0.268 e. The Kier molecular flexibility index (Phi) is 4.58. The maximum absolute atomic E-state index is 12.3. The van der Waals surface area contributed by atoms with Crippen LogP contribution in [0, 0.1) is 11.8 Å². The average molecular weight is 290 g/mol. The first-order valence-electron chi connectivity index (χ1n) is 8.25. The first-order chi connectivity index (χ1) is 10.2. The Labute approximate surface area is 126 Å². The molecule has 3 heterocycles. The minimum Gasteiger partial charge on any atom is -0.370 e. The van der Waals surface area contributed by atoms with E-state index in [-0.39, 0.29) is 5.56 Å². The van der Waals surface area contributed by atoms with Gasteiger partial charge in [-0.1, -0.05) is 6.92 Å². The maximum atomic E-state index is 12.3. The summed E-state index contributed by atoms with van der Waals surface area (Å²) in [6.45, 7) is 7.24. The first-order valence-corrected chi connectivity index (χ1v) is 8.25. The van der Waals surface area contributed by atoms with E-state index in [2.05, 4.69) is 22.2 Å². The van der Waals surface area contributed by atoms with Crippen LogP contribution in [0.4, 0.5) is 5.69 Å². The highest BCUT2D eigenvalue weighted by Gasteiger charge is 2.18. The first kappa shape index (κ1) is 14.6. The van der Waals surface area contributed by atoms with E-state index in [0.717, 1.165) is 51.3 Å². The molecule has 1 aromatic heterocycles. The van der Waals surface area contributed by atoms with Gasteiger partial charge in [-0.2, -0.15) is 5.10 Å². The lowest BCUT2D eigenvalue weighted by atomic mass is 9.98. The third-order valence-corrected chi connectivity index (χ3v) is 4.77. The summed E-state index contributed by atoms with van der Waals surface area (Å²) in [5, 5.41) is 7.77. The van der Waals surface area contributed by atoms with E-state index < -0.39 is 0 Å². The number of hydrogen-bond acceptors (Lipinski definition) is 4. The van der Waals surface area contributed by atoms with E-state index in [9.17, 15) is 4.79 Å². The van der Waals surface area contributed by atoms with Gasteiger partial charge in [0.1, 0.15) is 0 Å². The Balaban J connectivity index is 1.68. The van der Waals surface area contributed by atoms with Crippen molar-refractivity contribution < 1.29 is 0 Å². The van der Waals surface area contributed by atoms with Crippen LogP contribution in [0.25, 0.3) is 0 Å². The Morgan fingerprint density at radius 3 is 2.86 bits per heavy atom. The van der Waals surface area contributed by atoms with Crippen LogP contribution < -0.4 is 15.8 Å². The molecule has 0 saturated carbocycles. The molecule has 1 aromatic rings. The van der Waals surface area contributed by atoms with E-state index in [0.29, 0.717) is 11.8 Å². The molecule has 2 aliphatic rings. The van der Waals surface area contributed by atoms with E-state index in [1.165, 1.54) is 12.8 Å². The van der Waals surface area contributed by atoms with Gasteiger partial charge in [-0.25, -0.2) is 4.68 Å². The lowest BCUT2D eigenvalue weighted by molar-refractivity contribution is 0.315. The van der Waals surface area contributed by atoms with E-state index in [1.54, 1.807) is 10.7 Å². The van der Waals surface area contributed by atoms with Crippen LogP contribution in [0.1, 0.15) is 32.6 Å². The number of hydrogen-bond donors (Lipinski definition) is 1. The summed E-state index contributed by atoms with van der Waals surface area (Å²) in [4.78, 5) is 14.6. The highest BCUT2D eigenvalue weighted by atomic mass is 16.1. The lowest BCUT2D eigenvalue weighted by Crippen LogP contribution is -2.37. The Morgan fingerprint density at radius 2 is 2.14 bits per heavy atom. The molecule has 0 aromatic carbocycles. The van der Waals surface area contributed by atoms with Crippen molar-refractivity contribution in [2.75, 3.05) is 31.1 Å². The topological polar surface area (TPSA) is 50.2 Å². The zero-order valence-electron chi connectivity index (χ0n) is 12.9. The summed E-state index contributed by atoms with van der Waals surface area (Å²) in [5.41, 5.74) is 1.04. The van der Waals surface area contributed by atoms with Crippen LogP contribution in [0.15, 0.2) is 17.1 Å². The van der Waals surface area contributed by atoms with Crippen LogP contribution in [0.2, 0.25) is 0 Å². The standard InChI is InChI=1S/C16H26N4O/c1-13-3-2-8-19(11-13)15-9-16(21)20(18-10-15)12-14-4-6-17-7-5-14/h9-10,13-14,17H,2-8,11-12H2,1H3. The Morgan fingerprint density at radius 1 is 1.33 bits per heavy atom. The summed E-state index contributed by atoms with van der Waals surface area (Å²) >= 11 is 0. The van der Waals surface area contributed by atoms with Crippen molar-refractivity contribution in [3.63, 3.8) is 0 Å². The normalized spacial score (nSPS) is 24.2. The molecule has 116 valence electrons. The fourth-order valence-electron chi connectivity index (χ4n) is 3.47. The fourth-order valence-corrected chi connectivity index (χ4v) is 3.47. The molecular weight excluding hydrogens is 264 g/mol. The van der Waals surface area contributed by atoms with Crippen molar-refractivity contribution in [2.45, 2.75) is 39.2 Å². The maximum Gasteiger partial charge on any atom is 0.268 e. The summed E-state index contributed by atoms with van der Waals surface area (Å²) in [5.74, 6) is 1.29. The number of aromatic nitrogens is 2. The van der Waals surface area contributed by atoms with Gasteiger partial charge in [0.2, 0.25) is 0 Å². The third kappa shape index (κ3) is 3.64. The highest BCUT2D eigenvalue weighted by molar-refractivity contribution is 5.43. The van der Waals surface area contributed by atoms with Gasteiger partial charge in [-0.05, 0) is 50.6 Å². The van der Waals surface area contributed by atoms with Crippen molar-refractivity contribution in [3.8, 4) is 0 Å². The van der Waals surface area contributed by atoms with Crippen LogP contribution in [0.5, 0.6) is 0 Å². The van der Waals surface area contributed by atoms with E-state index >= 15 is 0 Å². The van der Waals surface area contributed by atoms with Gasteiger partial charge in [-0.3, -0.25) is 4.79 Å². The number of rotatable bonds is 3. The molecule has 2 saturated heterocycles. The minimum absolute atomic E-state index is 0.0456. The second kappa shape index (κ2) is 6.60. The van der Waals surface area contributed by atoms with Crippen LogP contribution >= 0.6 is 0 Å². The average Bonchev–Trinajstić information content (AvgIpc) is 2.50. The van der Waals surface area contributed by atoms with Gasteiger partial charge < -0.3 is 10.2 Å². The van der Waals surface area contributed by atoms with Crippen molar-refractivity contribution in [3.05, 3.63) is 22.6 Å². The second-order valence-corrected chi connectivity index (χ2v) is 6.62. The lowest BCUT2D eigenvalue weighted by Gasteiger charge is -2.32. The number of nitrogens with one attached hydrogen (secondary N) is 1. The number of nitrogens with zero attached hydrogens (tertiary/aromatic N) is 3. The fraction of sp³-hybridized carbons (Fsp3) is 0.750. The third-order valence-electron chi connectivity index (χ3n) is 4.77. The molecular formula is C16H26N4O. The van der Waals surface area contributed by atoms with E-state index in [1.807, 2.05) is 6.20 Å². The van der Waals surface area contributed by atoms with Gasteiger partial charge in [0.15, 0.2) is 0 Å². The molecule has 0 aliphatic carbocycles. The zero-order valence-corrected chi connectivity index (χ0v) is 12.9. The van der Waals surface area contributed by atoms with Crippen LogP contribution in [-0.4, -0.2) is 36.0 Å². The monoisotopic (exact) mass is 290 g/mol. The Hall–Kier alpha value is -1.36. The molecule has 2 fully saturated rings.